The third-order valence-electron chi connectivity index (χ3n) is 1.99. The molecule has 0 unspecified atom stereocenters. The Morgan fingerprint density at radius 3 is 2.85 bits per heavy atom. The first kappa shape index (κ1) is 8.97. The van der Waals surface area contributed by atoms with Crippen molar-refractivity contribution in [3.63, 3.8) is 0 Å². The molecule has 0 aliphatic heterocycles. The smallest absolute Gasteiger partial charge is 0.0728 e. The third kappa shape index (κ3) is 1.45. The zero-order chi connectivity index (χ0) is 9.42. The number of aryl methyl sites for hydroxylation is 1. The van der Waals surface area contributed by atoms with E-state index in [2.05, 4.69) is 20.9 Å². The first-order chi connectivity index (χ1) is 6.20. The number of benzene rings is 1. The summed E-state index contributed by atoms with van der Waals surface area (Å²) in [5.41, 5.74) is 1.99. The van der Waals surface area contributed by atoms with Gasteiger partial charge in [0.25, 0.3) is 0 Å². The Balaban J connectivity index is 2.97. The monoisotopic (exact) mass is 255 g/mol. The van der Waals surface area contributed by atoms with Crippen LogP contribution in [-0.2, 0) is 0 Å². The van der Waals surface area contributed by atoms with Crippen LogP contribution in [0.3, 0.4) is 0 Å². The number of nitrogens with zero attached hydrogens (tertiary/aromatic N) is 1. The minimum atomic E-state index is 0.775. The fourth-order valence-corrected chi connectivity index (χ4v) is 2.17. The molecule has 66 valence electrons. The number of pyridine rings is 1. The topological polar surface area (TPSA) is 12.9 Å². The van der Waals surface area contributed by atoms with E-state index in [4.69, 9.17) is 11.6 Å². The normalized spacial score (nSPS) is 10.7. The number of hydrogen-bond donors (Lipinski definition) is 0. The van der Waals surface area contributed by atoms with Crippen molar-refractivity contribution in [3.8, 4) is 0 Å². The molecule has 0 aliphatic rings. The molecule has 0 saturated heterocycles. The van der Waals surface area contributed by atoms with Gasteiger partial charge in [0.15, 0.2) is 0 Å². The van der Waals surface area contributed by atoms with Crippen molar-refractivity contribution in [2.45, 2.75) is 6.92 Å². The van der Waals surface area contributed by atoms with Crippen molar-refractivity contribution >= 4 is 38.4 Å². The summed E-state index contributed by atoms with van der Waals surface area (Å²) in [6.45, 7) is 1.99. The zero-order valence-electron chi connectivity index (χ0n) is 7.01. The maximum absolute atomic E-state index is 6.16. The fourth-order valence-electron chi connectivity index (χ4n) is 1.27. The molecule has 0 N–H and O–H groups in total. The lowest BCUT2D eigenvalue weighted by atomic mass is 10.1. The predicted octanol–water partition coefficient (Wildman–Crippen LogP) is 3.96. The number of aromatic nitrogens is 1. The summed E-state index contributed by atoms with van der Waals surface area (Å²) < 4.78 is 0.992. The van der Waals surface area contributed by atoms with Crippen molar-refractivity contribution in [3.05, 3.63) is 39.5 Å². The molecule has 1 aromatic carbocycles. The SMILES string of the molecule is Cc1ccc2nccc(Br)c2c1Cl. The molecular formula is C10H7BrClN. The van der Waals surface area contributed by atoms with Crippen molar-refractivity contribution in [1.82, 2.24) is 4.98 Å². The van der Waals surface area contributed by atoms with Crippen LogP contribution >= 0.6 is 27.5 Å². The van der Waals surface area contributed by atoms with Gasteiger partial charge in [0, 0.05) is 16.1 Å². The standard InChI is InChI=1S/C10H7BrClN/c1-6-2-3-8-9(10(6)12)7(11)4-5-13-8/h2-5H,1H3. The minimum absolute atomic E-state index is 0.775. The van der Waals surface area contributed by atoms with Gasteiger partial charge in [0.2, 0.25) is 0 Å². The molecule has 3 heteroatoms. The first-order valence-electron chi connectivity index (χ1n) is 3.89. The average molecular weight is 257 g/mol. The Bertz CT molecular complexity index is 468. The van der Waals surface area contributed by atoms with Crippen LogP contribution in [0.25, 0.3) is 10.9 Å². The van der Waals surface area contributed by atoms with Gasteiger partial charge < -0.3 is 0 Å². The largest absolute Gasteiger partial charge is 0.256 e. The molecule has 1 nitrogen and oxygen atoms in total. The van der Waals surface area contributed by atoms with Crippen LogP contribution in [0.4, 0.5) is 0 Å². The average Bonchev–Trinajstić information content (AvgIpc) is 2.12. The maximum Gasteiger partial charge on any atom is 0.0728 e. The second-order valence-corrected chi connectivity index (χ2v) is 4.12. The summed E-state index contributed by atoms with van der Waals surface area (Å²) in [4.78, 5) is 4.23. The highest BCUT2D eigenvalue weighted by Crippen LogP contribution is 2.31. The molecule has 0 fully saturated rings. The van der Waals surface area contributed by atoms with Crippen molar-refractivity contribution in [2.75, 3.05) is 0 Å². The van der Waals surface area contributed by atoms with E-state index in [9.17, 15) is 0 Å². The zero-order valence-corrected chi connectivity index (χ0v) is 9.35. The van der Waals surface area contributed by atoms with Crippen LogP contribution in [0.5, 0.6) is 0 Å². The molecule has 0 saturated carbocycles. The highest BCUT2D eigenvalue weighted by molar-refractivity contribution is 9.10. The summed E-state index contributed by atoms with van der Waals surface area (Å²) in [6.07, 6.45) is 1.76. The lowest BCUT2D eigenvalue weighted by molar-refractivity contribution is 1.38. The summed E-state index contributed by atoms with van der Waals surface area (Å²) in [7, 11) is 0. The molecule has 0 aliphatic carbocycles. The van der Waals surface area contributed by atoms with E-state index in [1.807, 2.05) is 25.1 Å². The van der Waals surface area contributed by atoms with Gasteiger partial charge in [-0.05, 0) is 40.5 Å². The van der Waals surface area contributed by atoms with Crippen molar-refractivity contribution in [1.29, 1.82) is 0 Å². The van der Waals surface area contributed by atoms with Gasteiger partial charge in [-0.15, -0.1) is 0 Å². The molecule has 0 atom stereocenters. The second kappa shape index (κ2) is 3.28. The first-order valence-corrected chi connectivity index (χ1v) is 5.06. The fraction of sp³-hybridized carbons (Fsp3) is 0.100. The summed E-state index contributed by atoms with van der Waals surface area (Å²) in [5, 5.41) is 1.77. The molecule has 2 aromatic rings. The lowest BCUT2D eigenvalue weighted by Gasteiger charge is -2.04. The molecular weight excluding hydrogens is 249 g/mol. The van der Waals surface area contributed by atoms with E-state index in [0.29, 0.717) is 0 Å². The van der Waals surface area contributed by atoms with Gasteiger partial charge in [-0.2, -0.15) is 0 Å². The molecule has 0 spiro atoms. The van der Waals surface area contributed by atoms with Gasteiger partial charge in [-0.1, -0.05) is 17.7 Å². The van der Waals surface area contributed by atoms with Gasteiger partial charge in [-0.25, -0.2) is 0 Å². The van der Waals surface area contributed by atoms with Crippen LogP contribution in [0.15, 0.2) is 28.9 Å². The summed E-state index contributed by atoms with van der Waals surface area (Å²) in [6, 6.07) is 5.85. The van der Waals surface area contributed by atoms with Crippen molar-refractivity contribution < 1.29 is 0 Å². The summed E-state index contributed by atoms with van der Waals surface area (Å²) in [5.74, 6) is 0. The Morgan fingerprint density at radius 1 is 1.31 bits per heavy atom. The Labute approximate surface area is 89.9 Å². The second-order valence-electron chi connectivity index (χ2n) is 2.88. The van der Waals surface area contributed by atoms with Gasteiger partial charge >= 0.3 is 0 Å². The van der Waals surface area contributed by atoms with Gasteiger partial charge in [0.1, 0.15) is 0 Å². The van der Waals surface area contributed by atoms with Crippen LogP contribution < -0.4 is 0 Å². The minimum Gasteiger partial charge on any atom is -0.256 e. The quantitative estimate of drug-likeness (QED) is 0.695. The predicted molar refractivity (Wildman–Crippen MR) is 59.2 cm³/mol. The van der Waals surface area contributed by atoms with Gasteiger partial charge in [-0.3, -0.25) is 4.98 Å². The lowest BCUT2D eigenvalue weighted by Crippen LogP contribution is -1.83. The van der Waals surface area contributed by atoms with E-state index in [1.54, 1.807) is 6.20 Å². The molecule has 1 aromatic heterocycles. The number of hydrogen-bond acceptors (Lipinski definition) is 1. The molecule has 0 bridgehead atoms. The van der Waals surface area contributed by atoms with Gasteiger partial charge in [0.05, 0.1) is 10.5 Å². The maximum atomic E-state index is 6.16. The van der Waals surface area contributed by atoms with E-state index >= 15 is 0 Å². The van der Waals surface area contributed by atoms with Crippen LogP contribution in [-0.4, -0.2) is 4.98 Å². The highest BCUT2D eigenvalue weighted by atomic mass is 79.9. The van der Waals surface area contributed by atoms with E-state index in [1.165, 1.54) is 0 Å². The Hall–Kier alpha value is -0.600. The molecule has 0 radical (unpaired) electrons. The van der Waals surface area contributed by atoms with Crippen LogP contribution in [0.2, 0.25) is 5.02 Å². The van der Waals surface area contributed by atoms with E-state index in [-0.39, 0.29) is 0 Å². The van der Waals surface area contributed by atoms with Crippen LogP contribution in [0.1, 0.15) is 5.56 Å². The van der Waals surface area contributed by atoms with Crippen LogP contribution in [0, 0.1) is 6.92 Å². The summed E-state index contributed by atoms with van der Waals surface area (Å²) >= 11 is 9.62. The van der Waals surface area contributed by atoms with E-state index < -0.39 is 0 Å². The molecule has 0 amide bonds. The third-order valence-corrected chi connectivity index (χ3v) is 3.13. The van der Waals surface area contributed by atoms with Crippen molar-refractivity contribution in [2.24, 2.45) is 0 Å². The number of rotatable bonds is 0. The highest BCUT2D eigenvalue weighted by Gasteiger charge is 2.05. The Kier molecular flexibility index (Phi) is 2.26. The molecule has 2 rings (SSSR count). The van der Waals surface area contributed by atoms with E-state index in [0.717, 1.165) is 26.0 Å². The molecule has 13 heavy (non-hydrogen) atoms. The molecule has 1 heterocycles. The Morgan fingerprint density at radius 2 is 2.08 bits per heavy atom. The number of halogens is 2. The number of fused-ring (bicyclic) bond motifs is 1.